The molecule has 0 bridgehead atoms. The molecule has 1 saturated carbocycles. The standard InChI is InChI=1S/C29H48N4O4S/c1-19(2)32(9)21-13-14-24(20(17-21)18-38(36,37)29(6,7)8)33-16-15-23(27(33)35)31-26(34)22-11-10-12-25(30-22)28(3,4)5/h10-12,19-21,23-24H,13-18H2,1-9H3,(H,31,34)/t20-,21-,23+,24+/m1/s1. The van der Waals surface area contributed by atoms with Crippen molar-refractivity contribution in [1.82, 2.24) is 20.1 Å². The predicted molar refractivity (Wildman–Crippen MR) is 152 cm³/mol. The third kappa shape index (κ3) is 6.76. The zero-order valence-electron chi connectivity index (χ0n) is 24.7. The van der Waals surface area contributed by atoms with Gasteiger partial charge in [0, 0.05) is 35.8 Å². The van der Waals surface area contributed by atoms with Crippen molar-refractivity contribution in [3.8, 4) is 0 Å². The van der Waals surface area contributed by atoms with Crippen molar-refractivity contribution in [1.29, 1.82) is 0 Å². The third-order valence-corrected chi connectivity index (χ3v) is 11.1. The lowest BCUT2D eigenvalue weighted by molar-refractivity contribution is -0.133. The van der Waals surface area contributed by atoms with Crippen LogP contribution in [0.25, 0.3) is 0 Å². The van der Waals surface area contributed by atoms with Crippen LogP contribution in [0.3, 0.4) is 0 Å². The van der Waals surface area contributed by atoms with Gasteiger partial charge in [-0.05, 0) is 85.4 Å². The number of amides is 2. The van der Waals surface area contributed by atoms with Crippen molar-refractivity contribution < 1.29 is 18.0 Å². The van der Waals surface area contributed by atoms with E-state index in [9.17, 15) is 18.0 Å². The molecule has 0 unspecified atom stereocenters. The zero-order valence-corrected chi connectivity index (χ0v) is 25.6. The summed E-state index contributed by atoms with van der Waals surface area (Å²) in [6, 6.07) is 5.24. The molecule has 2 amide bonds. The van der Waals surface area contributed by atoms with Crippen LogP contribution in [0.4, 0.5) is 0 Å². The number of hydrogen-bond donors (Lipinski definition) is 1. The number of aromatic nitrogens is 1. The Morgan fingerprint density at radius 2 is 1.79 bits per heavy atom. The Bertz CT molecular complexity index is 1120. The molecule has 9 heteroatoms. The molecule has 1 saturated heterocycles. The summed E-state index contributed by atoms with van der Waals surface area (Å²) in [6.07, 6.45) is 2.91. The smallest absolute Gasteiger partial charge is 0.270 e. The summed E-state index contributed by atoms with van der Waals surface area (Å²) in [4.78, 5) is 35.3. The molecule has 4 atom stereocenters. The van der Waals surface area contributed by atoms with E-state index in [1.54, 1.807) is 26.8 Å². The lowest BCUT2D eigenvalue weighted by Gasteiger charge is -2.45. The van der Waals surface area contributed by atoms with Gasteiger partial charge < -0.3 is 15.1 Å². The van der Waals surface area contributed by atoms with Crippen LogP contribution in [0.2, 0.25) is 0 Å². The number of rotatable bonds is 7. The van der Waals surface area contributed by atoms with Crippen molar-refractivity contribution in [2.45, 2.75) is 115 Å². The molecule has 1 aromatic heterocycles. The molecular formula is C29H48N4O4S. The normalized spacial score (nSPS) is 25.3. The van der Waals surface area contributed by atoms with Crippen LogP contribution < -0.4 is 5.32 Å². The monoisotopic (exact) mass is 548 g/mol. The second-order valence-corrected chi connectivity index (χ2v) is 16.2. The van der Waals surface area contributed by atoms with Crippen molar-refractivity contribution in [3.63, 3.8) is 0 Å². The SMILES string of the molecule is CC(C)N(C)[C@@H]1CC[C@H](N2CC[C@H](NC(=O)c3cccc(C(C)(C)C)n3)C2=O)[C@@H](CS(=O)(=O)C(C)(C)C)C1. The maximum absolute atomic E-state index is 13.6. The topological polar surface area (TPSA) is 99.7 Å². The largest absolute Gasteiger partial charge is 0.339 e. The van der Waals surface area contributed by atoms with Gasteiger partial charge in [0.2, 0.25) is 5.91 Å². The maximum Gasteiger partial charge on any atom is 0.270 e. The lowest BCUT2D eigenvalue weighted by atomic mass is 9.81. The number of nitrogens with one attached hydrogen (secondary N) is 1. The number of carbonyl (C=O) groups excluding carboxylic acids is 2. The van der Waals surface area contributed by atoms with Gasteiger partial charge in [0.25, 0.3) is 5.91 Å². The minimum Gasteiger partial charge on any atom is -0.339 e. The summed E-state index contributed by atoms with van der Waals surface area (Å²) in [5.41, 5.74) is 0.923. The zero-order chi connectivity index (χ0) is 28.6. The number of pyridine rings is 1. The fraction of sp³-hybridized carbons (Fsp3) is 0.759. The molecule has 38 heavy (non-hydrogen) atoms. The van der Waals surface area contributed by atoms with Crippen LogP contribution in [0.1, 0.15) is 97.3 Å². The van der Waals surface area contributed by atoms with E-state index in [-0.39, 0.29) is 41.0 Å². The van der Waals surface area contributed by atoms with Crippen LogP contribution in [-0.4, -0.2) is 83.3 Å². The number of likely N-dealkylation sites (tertiary alicyclic amines) is 1. The van der Waals surface area contributed by atoms with Gasteiger partial charge in [-0.15, -0.1) is 0 Å². The molecule has 3 rings (SSSR count). The fourth-order valence-electron chi connectivity index (χ4n) is 5.51. The Morgan fingerprint density at radius 3 is 2.37 bits per heavy atom. The summed E-state index contributed by atoms with van der Waals surface area (Å²) in [5, 5.41) is 2.90. The highest BCUT2D eigenvalue weighted by atomic mass is 32.2. The highest BCUT2D eigenvalue weighted by Gasteiger charge is 2.45. The van der Waals surface area contributed by atoms with Crippen molar-refractivity contribution in [2.75, 3.05) is 19.3 Å². The van der Waals surface area contributed by atoms with Crippen molar-refractivity contribution in [2.24, 2.45) is 5.92 Å². The molecule has 0 radical (unpaired) electrons. The van der Waals surface area contributed by atoms with Gasteiger partial charge in [-0.2, -0.15) is 0 Å². The summed E-state index contributed by atoms with van der Waals surface area (Å²) in [5.74, 6) is -0.564. The molecule has 214 valence electrons. The van der Waals surface area contributed by atoms with Gasteiger partial charge in [-0.3, -0.25) is 9.59 Å². The molecular weight excluding hydrogens is 500 g/mol. The van der Waals surface area contributed by atoms with Gasteiger partial charge in [-0.25, -0.2) is 13.4 Å². The first-order valence-corrected chi connectivity index (χ1v) is 15.6. The van der Waals surface area contributed by atoms with E-state index < -0.39 is 20.6 Å². The Labute approximate surface area is 229 Å². The minimum absolute atomic E-state index is 0.0634. The summed E-state index contributed by atoms with van der Waals surface area (Å²) >= 11 is 0. The molecule has 2 fully saturated rings. The molecule has 0 spiro atoms. The summed E-state index contributed by atoms with van der Waals surface area (Å²) < 4.78 is 25.7. The molecule has 8 nitrogen and oxygen atoms in total. The quantitative estimate of drug-likeness (QED) is 0.556. The van der Waals surface area contributed by atoms with E-state index in [0.29, 0.717) is 24.7 Å². The average Bonchev–Trinajstić information content (AvgIpc) is 3.16. The number of carbonyl (C=O) groups is 2. The second-order valence-electron chi connectivity index (χ2n) is 13.5. The van der Waals surface area contributed by atoms with Crippen LogP contribution >= 0.6 is 0 Å². The average molecular weight is 549 g/mol. The Hall–Kier alpha value is -2.00. The first kappa shape index (κ1) is 30.5. The first-order chi connectivity index (χ1) is 17.4. The second kappa shape index (κ2) is 11.2. The molecule has 0 aromatic carbocycles. The van der Waals surface area contributed by atoms with E-state index in [1.807, 2.05) is 37.8 Å². The molecule has 2 aliphatic rings. The van der Waals surface area contributed by atoms with Gasteiger partial charge in [-0.1, -0.05) is 26.8 Å². The highest BCUT2D eigenvalue weighted by molar-refractivity contribution is 7.92. The summed E-state index contributed by atoms with van der Waals surface area (Å²) in [7, 11) is -1.27. The molecule has 1 aromatic rings. The van der Waals surface area contributed by atoms with E-state index in [1.165, 1.54) is 0 Å². The molecule has 1 N–H and O–H groups in total. The Balaban J connectivity index is 1.77. The van der Waals surface area contributed by atoms with E-state index in [4.69, 9.17) is 0 Å². The van der Waals surface area contributed by atoms with Crippen molar-refractivity contribution in [3.05, 3.63) is 29.6 Å². The molecule has 2 heterocycles. The number of sulfone groups is 1. The van der Waals surface area contributed by atoms with Crippen LogP contribution in [0.15, 0.2) is 18.2 Å². The number of hydrogen-bond acceptors (Lipinski definition) is 6. The lowest BCUT2D eigenvalue weighted by Crippen LogP contribution is -2.53. The Kier molecular flexibility index (Phi) is 9.03. The van der Waals surface area contributed by atoms with Crippen LogP contribution in [0, 0.1) is 5.92 Å². The third-order valence-electron chi connectivity index (χ3n) is 8.37. The van der Waals surface area contributed by atoms with Gasteiger partial charge in [0.1, 0.15) is 11.7 Å². The predicted octanol–water partition coefficient (Wildman–Crippen LogP) is 3.80. The van der Waals surface area contributed by atoms with Crippen molar-refractivity contribution >= 4 is 21.7 Å². The van der Waals surface area contributed by atoms with Gasteiger partial charge in [0.05, 0.1) is 10.5 Å². The van der Waals surface area contributed by atoms with E-state index >= 15 is 0 Å². The fourth-order valence-corrected chi connectivity index (χ4v) is 6.93. The van der Waals surface area contributed by atoms with Crippen LogP contribution in [0.5, 0.6) is 0 Å². The van der Waals surface area contributed by atoms with E-state index in [2.05, 4.69) is 36.1 Å². The molecule has 1 aliphatic carbocycles. The Morgan fingerprint density at radius 1 is 1.13 bits per heavy atom. The first-order valence-electron chi connectivity index (χ1n) is 14.0. The van der Waals surface area contributed by atoms with E-state index in [0.717, 1.165) is 25.0 Å². The number of nitrogens with zero attached hydrogens (tertiary/aromatic N) is 3. The minimum atomic E-state index is -3.37. The van der Waals surface area contributed by atoms with Crippen LogP contribution in [-0.2, 0) is 20.0 Å². The maximum atomic E-state index is 13.6. The van der Waals surface area contributed by atoms with Gasteiger partial charge in [0.15, 0.2) is 9.84 Å². The summed E-state index contributed by atoms with van der Waals surface area (Å²) in [6.45, 7) is 16.2. The molecule has 1 aliphatic heterocycles. The van der Waals surface area contributed by atoms with Gasteiger partial charge >= 0.3 is 0 Å². The highest BCUT2D eigenvalue weighted by Crippen LogP contribution is 2.36.